The minimum absolute atomic E-state index is 0.186. The number of nitrogens with one attached hydrogen (secondary N) is 1. The Kier molecular flexibility index (Phi) is 4.90. The van der Waals surface area contributed by atoms with E-state index in [2.05, 4.69) is 15.4 Å². The van der Waals surface area contributed by atoms with Crippen molar-refractivity contribution in [3.05, 3.63) is 77.3 Å². The summed E-state index contributed by atoms with van der Waals surface area (Å²) in [7, 11) is 1.64. The molecule has 0 atom stereocenters. The van der Waals surface area contributed by atoms with Crippen LogP contribution in [-0.2, 0) is 0 Å². The molecule has 1 N–H and O–H groups in total. The van der Waals surface area contributed by atoms with E-state index in [0.717, 1.165) is 22.7 Å². The van der Waals surface area contributed by atoms with Crippen molar-refractivity contribution in [3.63, 3.8) is 0 Å². The highest BCUT2D eigenvalue weighted by atomic mass is 32.1. The van der Waals surface area contributed by atoms with E-state index < -0.39 is 0 Å². The number of ether oxygens (including phenoxy) is 1. The Bertz CT molecular complexity index is 1100. The lowest BCUT2D eigenvalue weighted by Crippen LogP contribution is -2.14. The van der Waals surface area contributed by atoms with Crippen LogP contribution in [0.1, 0.15) is 16.1 Å². The topological polar surface area (TPSA) is 69.0 Å². The zero-order valence-corrected chi connectivity index (χ0v) is 16.2. The van der Waals surface area contributed by atoms with Crippen molar-refractivity contribution in [1.29, 1.82) is 0 Å². The van der Waals surface area contributed by atoms with E-state index in [0.29, 0.717) is 16.5 Å². The second-order valence-electron chi connectivity index (χ2n) is 6.15. The zero-order chi connectivity index (χ0) is 19.5. The predicted octanol–water partition coefficient (Wildman–Crippen LogP) is 4.57. The molecule has 0 spiro atoms. The summed E-state index contributed by atoms with van der Waals surface area (Å²) in [6, 6.07) is 18.6. The first-order chi connectivity index (χ1) is 13.6. The van der Waals surface area contributed by atoms with Gasteiger partial charge in [0.2, 0.25) is 5.13 Å². The van der Waals surface area contributed by atoms with Crippen LogP contribution in [0.15, 0.2) is 66.0 Å². The van der Waals surface area contributed by atoms with Crippen molar-refractivity contribution in [2.24, 2.45) is 0 Å². The fraction of sp³-hybridized carbons (Fsp3) is 0.0952. The van der Waals surface area contributed by atoms with Gasteiger partial charge in [-0.15, -0.1) is 11.3 Å². The largest absolute Gasteiger partial charge is 0.497 e. The van der Waals surface area contributed by atoms with E-state index in [4.69, 9.17) is 4.74 Å². The molecule has 0 bridgehead atoms. The van der Waals surface area contributed by atoms with Gasteiger partial charge in [0, 0.05) is 22.6 Å². The van der Waals surface area contributed by atoms with E-state index in [-0.39, 0.29) is 5.91 Å². The van der Waals surface area contributed by atoms with E-state index in [9.17, 15) is 4.79 Å². The van der Waals surface area contributed by atoms with Crippen molar-refractivity contribution in [3.8, 4) is 22.1 Å². The number of hydrogen-bond acceptors (Lipinski definition) is 5. The van der Waals surface area contributed by atoms with Crippen LogP contribution in [0.25, 0.3) is 16.4 Å². The first-order valence-corrected chi connectivity index (χ1v) is 9.55. The van der Waals surface area contributed by atoms with Crippen LogP contribution >= 0.6 is 11.3 Å². The summed E-state index contributed by atoms with van der Waals surface area (Å²) in [4.78, 5) is 17.2. The summed E-state index contributed by atoms with van der Waals surface area (Å²) in [6.45, 7) is 1.88. The van der Waals surface area contributed by atoms with Crippen LogP contribution in [0.3, 0.4) is 0 Å². The molecule has 2 aromatic carbocycles. The highest BCUT2D eigenvalue weighted by molar-refractivity contribution is 7.12. The van der Waals surface area contributed by atoms with Gasteiger partial charge in [-0.25, -0.2) is 4.98 Å². The van der Waals surface area contributed by atoms with Crippen LogP contribution in [0.4, 0.5) is 5.82 Å². The van der Waals surface area contributed by atoms with E-state index >= 15 is 0 Å². The summed E-state index contributed by atoms with van der Waals surface area (Å²) in [5, 5.41) is 10.1. The summed E-state index contributed by atoms with van der Waals surface area (Å²) in [5.41, 5.74) is 3.22. The number of rotatable bonds is 5. The minimum atomic E-state index is -0.186. The SMILES string of the molecule is COc1ccc(-c2csc(-n3nc(C)cc3NC(=O)c3ccccc3)n2)cc1. The van der Waals surface area contributed by atoms with Crippen LogP contribution in [0, 0.1) is 6.92 Å². The van der Waals surface area contributed by atoms with Crippen LogP contribution in [-0.4, -0.2) is 27.8 Å². The molecular weight excluding hydrogens is 372 g/mol. The zero-order valence-electron chi connectivity index (χ0n) is 15.4. The average Bonchev–Trinajstić information content (AvgIpc) is 3.35. The fourth-order valence-corrected chi connectivity index (χ4v) is 3.56. The lowest BCUT2D eigenvalue weighted by Gasteiger charge is -2.06. The van der Waals surface area contributed by atoms with Gasteiger partial charge in [-0.1, -0.05) is 18.2 Å². The van der Waals surface area contributed by atoms with Gasteiger partial charge in [-0.3, -0.25) is 4.79 Å². The van der Waals surface area contributed by atoms with Gasteiger partial charge in [-0.2, -0.15) is 9.78 Å². The Labute approximate surface area is 166 Å². The van der Waals surface area contributed by atoms with Crippen molar-refractivity contribution < 1.29 is 9.53 Å². The maximum Gasteiger partial charge on any atom is 0.256 e. The molecule has 0 saturated heterocycles. The molecular formula is C21H18N4O2S. The standard InChI is InChI=1S/C21H18N4O2S/c1-14-12-19(23-20(26)16-6-4-3-5-7-16)25(24-14)21-22-18(13-28-21)15-8-10-17(27-2)11-9-15/h3-13H,1-2H3,(H,23,26). The monoisotopic (exact) mass is 390 g/mol. The number of aromatic nitrogens is 3. The Morgan fingerprint density at radius 2 is 1.86 bits per heavy atom. The molecule has 0 radical (unpaired) electrons. The number of hydrogen-bond donors (Lipinski definition) is 1. The smallest absolute Gasteiger partial charge is 0.256 e. The summed E-state index contributed by atoms with van der Waals surface area (Å²) < 4.78 is 6.86. The van der Waals surface area contributed by atoms with Crippen molar-refractivity contribution >= 4 is 23.1 Å². The lowest BCUT2D eigenvalue weighted by atomic mass is 10.2. The first kappa shape index (κ1) is 17.9. The molecule has 4 aromatic rings. The van der Waals surface area contributed by atoms with Gasteiger partial charge in [0.05, 0.1) is 18.5 Å². The van der Waals surface area contributed by atoms with Gasteiger partial charge in [-0.05, 0) is 43.3 Å². The molecule has 0 aliphatic heterocycles. The van der Waals surface area contributed by atoms with Crippen molar-refractivity contribution in [2.45, 2.75) is 6.92 Å². The molecule has 0 aliphatic rings. The summed E-state index contributed by atoms with van der Waals surface area (Å²) >= 11 is 1.46. The molecule has 2 heterocycles. The van der Waals surface area contributed by atoms with Gasteiger partial charge < -0.3 is 10.1 Å². The average molecular weight is 390 g/mol. The number of carbonyl (C=O) groups is 1. The first-order valence-electron chi connectivity index (χ1n) is 8.67. The second kappa shape index (κ2) is 7.66. The number of methoxy groups -OCH3 is 1. The van der Waals surface area contributed by atoms with E-state index in [1.807, 2.05) is 60.8 Å². The number of anilines is 1. The third kappa shape index (κ3) is 3.65. The molecule has 28 heavy (non-hydrogen) atoms. The van der Waals surface area contributed by atoms with Gasteiger partial charge in [0.25, 0.3) is 5.91 Å². The van der Waals surface area contributed by atoms with Gasteiger partial charge in [0.1, 0.15) is 11.6 Å². The summed E-state index contributed by atoms with van der Waals surface area (Å²) in [5.74, 6) is 1.20. The van der Waals surface area contributed by atoms with Crippen molar-refractivity contribution in [1.82, 2.24) is 14.8 Å². The Morgan fingerprint density at radius 1 is 1.11 bits per heavy atom. The molecule has 1 amide bonds. The van der Waals surface area contributed by atoms with Crippen LogP contribution in [0.2, 0.25) is 0 Å². The number of amides is 1. The Morgan fingerprint density at radius 3 is 2.57 bits per heavy atom. The van der Waals surface area contributed by atoms with Gasteiger partial charge >= 0.3 is 0 Å². The number of aryl methyl sites for hydroxylation is 1. The van der Waals surface area contributed by atoms with E-state index in [1.54, 1.807) is 23.9 Å². The molecule has 0 saturated carbocycles. The highest BCUT2D eigenvalue weighted by Gasteiger charge is 2.15. The molecule has 140 valence electrons. The molecule has 6 nitrogen and oxygen atoms in total. The predicted molar refractivity (Wildman–Crippen MR) is 110 cm³/mol. The molecule has 4 rings (SSSR count). The van der Waals surface area contributed by atoms with Crippen LogP contribution in [0.5, 0.6) is 5.75 Å². The maximum absolute atomic E-state index is 12.5. The number of thiazole rings is 1. The second-order valence-corrected chi connectivity index (χ2v) is 6.98. The maximum atomic E-state index is 12.5. The lowest BCUT2D eigenvalue weighted by molar-refractivity contribution is 0.102. The quantitative estimate of drug-likeness (QED) is 0.542. The molecule has 0 unspecified atom stereocenters. The molecule has 2 aromatic heterocycles. The minimum Gasteiger partial charge on any atom is -0.497 e. The number of benzene rings is 2. The normalized spacial score (nSPS) is 10.6. The fourth-order valence-electron chi connectivity index (χ4n) is 2.77. The molecule has 0 aliphatic carbocycles. The Hall–Kier alpha value is -3.45. The van der Waals surface area contributed by atoms with Gasteiger partial charge in [0.15, 0.2) is 0 Å². The Balaban J connectivity index is 1.61. The number of carbonyl (C=O) groups excluding carboxylic acids is 1. The highest BCUT2D eigenvalue weighted by Crippen LogP contribution is 2.27. The third-order valence-electron chi connectivity index (χ3n) is 4.17. The van der Waals surface area contributed by atoms with E-state index in [1.165, 1.54) is 11.3 Å². The molecule has 7 heteroatoms. The number of nitrogens with zero attached hydrogens (tertiary/aromatic N) is 3. The molecule has 0 fully saturated rings. The third-order valence-corrected chi connectivity index (χ3v) is 4.98. The van der Waals surface area contributed by atoms with Crippen LogP contribution < -0.4 is 10.1 Å². The summed E-state index contributed by atoms with van der Waals surface area (Å²) in [6.07, 6.45) is 0. The van der Waals surface area contributed by atoms with Crippen molar-refractivity contribution in [2.75, 3.05) is 12.4 Å².